The fourth-order valence-electron chi connectivity index (χ4n) is 8.54. The fraction of sp³-hybridized carbons (Fsp3) is 0.269. The van der Waals surface area contributed by atoms with Gasteiger partial charge in [0, 0.05) is 32.9 Å². The number of unbranched alkanes of at least 4 members (excludes halogenated alkanes) is 2. The molecule has 0 heterocycles. The molecular weight excluding hydrogens is 653 g/mol. The van der Waals surface area contributed by atoms with Crippen LogP contribution in [0.4, 0.5) is 34.1 Å². The highest BCUT2D eigenvalue weighted by Crippen LogP contribution is 2.52. The van der Waals surface area contributed by atoms with Crippen molar-refractivity contribution >= 4 is 55.7 Å². The molecule has 0 saturated carbocycles. The van der Waals surface area contributed by atoms with Gasteiger partial charge in [-0.05, 0) is 125 Å². The molecule has 0 N–H and O–H groups in total. The lowest BCUT2D eigenvalue weighted by atomic mass is 9.93. The van der Waals surface area contributed by atoms with Gasteiger partial charge in [-0.1, -0.05) is 135 Å². The van der Waals surface area contributed by atoms with Crippen LogP contribution in [0.3, 0.4) is 0 Å². The van der Waals surface area contributed by atoms with Crippen molar-refractivity contribution in [3.63, 3.8) is 0 Å². The van der Waals surface area contributed by atoms with Gasteiger partial charge in [-0.3, -0.25) is 0 Å². The molecule has 0 aliphatic rings. The smallest absolute Gasteiger partial charge is 0.0620 e. The van der Waals surface area contributed by atoms with Crippen LogP contribution in [0.1, 0.15) is 84.0 Å². The molecule has 0 fully saturated rings. The molecule has 0 radical (unpaired) electrons. The Kier molecular flexibility index (Phi) is 10.9. The van der Waals surface area contributed by atoms with Crippen molar-refractivity contribution in [3.8, 4) is 0 Å². The quantitative estimate of drug-likeness (QED) is 0.0921. The maximum absolute atomic E-state index is 2.55. The maximum Gasteiger partial charge on any atom is 0.0620 e. The summed E-state index contributed by atoms with van der Waals surface area (Å²) in [6.45, 7) is 18.1. The van der Waals surface area contributed by atoms with Crippen molar-refractivity contribution in [2.24, 2.45) is 0 Å². The van der Waals surface area contributed by atoms with Gasteiger partial charge < -0.3 is 9.80 Å². The van der Waals surface area contributed by atoms with E-state index in [9.17, 15) is 0 Å². The Morgan fingerprint density at radius 3 is 0.944 bits per heavy atom. The molecule has 0 amide bonds. The van der Waals surface area contributed by atoms with Gasteiger partial charge in [0.05, 0.1) is 22.7 Å². The summed E-state index contributed by atoms with van der Waals surface area (Å²) >= 11 is 0. The van der Waals surface area contributed by atoms with E-state index in [2.05, 4.69) is 187 Å². The Morgan fingerprint density at radius 1 is 0.370 bits per heavy atom. The van der Waals surface area contributed by atoms with Crippen LogP contribution in [0.15, 0.2) is 121 Å². The van der Waals surface area contributed by atoms with Crippen LogP contribution in [0, 0.1) is 41.5 Å². The number of rotatable bonds is 12. The average Bonchev–Trinajstić information content (AvgIpc) is 3.16. The summed E-state index contributed by atoms with van der Waals surface area (Å²) in [5, 5.41) is 4.92. The molecule has 2 heteroatoms. The molecular formula is C52H56N2. The van der Waals surface area contributed by atoms with Crippen molar-refractivity contribution in [2.45, 2.75) is 93.9 Å². The van der Waals surface area contributed by atoms with Gasteiger partial charge in [0.25, 0.3) is 0 Å². The first-order valence-electron chi connectivity index (χ1n) is 20.1. The van der Waals surface area contributed by atoms with Gasteiger partial charge in [-0.25, -0.2) is 0 Å². The van der Waals surface area contributed by atoms with Gasteiger partial charge >= 0.3 is 0 Å². The largest absolute Gasteiger partial charge is 0.309 e. The van der Waals surface area contributed by atoms with Crippen LogP contribution in [-0.2, 0) is 12.8 Å². The van der Waals surface area contributed by atoms with Crippen molar-refractivity contribution in [1.82, 2.24) is 0 Å². The van der Waals surface area contributed by atoms with Crippen LogP contribution < -0.4 is 9.80 Å². The minimum atomic E-state index is 1.11. The number of aryl methyl sites for hydroxylation is 8. The zero-order chi connectivity index (χ0) is 37.9. The summed E-state index contributed by atoms with van der Waals surface area (Å²) in [5.74, 6) is 0. The van der Waals surface area contributed by atoms with Gasteiger partial charge in [-0.2, -0.15) is 0 Å². The molecule has 0 aliphatic carbocycles. The first kappa shape index (κ1) is 37.0. The lowest BCUT2D eigenvalue weighted by molar-refractivity contribution is 0.794. The second-order valence-electron chi connectivity index (χ2n) is 15.5. The molecule has 54 heavy (non-hydrogen) atoms. The first-order valence-corrected chi connectivity index (χ1v) is 20.1. The van der Waals surface area contributed by atoms with E-state index in [0.717, 1.165) is 12.8 Å². The molecule has 0 bridgehead atoms. The number of fused-ring (bicyclic) bond motifs is 2. The topological polar surface area (TPSA) is 6.48 Å². The average molecular weight is 709 g/mol. The van der Waals surface area contributed by atoms with E-state index < -0.39 is 0 Å². The van der Waals surface area contributed by atoms with E-state index in [1.807, 2.05) is 0 Å². The minimum absolute atomic E-state index is 1.11. The number of hydrogen-bond acceptors (Lipinski definition) is 2. The van der Waals surface area contributed by atoms with Gasteiger partial charge in [-0.15, -0.1) is 0 Å². The highest BCUT2D eigenvalue weighted by molar-refractivity contribution is 6.23. The van der Waals surface area contributed by atoms with Crippen molar-refractivity contribution in [2.75, 3.05) is 9.80 Å². The molecule has 0 atom stereocenters. The number of nitrogens with zero attached hydrogens (tertiary/aromatic N) is 2. The van der Waals surface area contributed by atoms with Crippen LogP contribution in [0.25, 0.3) is 21.5 Å². The van der Waals surface area contributed by atoms with Gasteiger partial charge in [0.1, 0.15) is 0 Å². The second-order valence-corrected chi connectivity index (χ2v) is 15.5. The van der Waals surface area contributed by atoms with Crippen LogP contribution in [-0.4, -0.2) is 0 Å². The fourth-order valence-corrected chi connectivity index (χ4v) is 8.54. The molecule has 7 aromatic rings. The highest BCUT2D eigenvalue weighted by atomic mass is 15.2. The summed E-state index contributed by atoms with van der Waals surface area (Å²) in [6.07, 6.45) is 7.01. The van der Waals surface area contributed by atoms with Crippen molar-refractivity contribution in [1.29, 1.82) is 0 Å². The first-order chi connectivity index (χ1) is 26.2. The maximum atomic E-state index is 2.55. The number of benzene rings is 7. The molecule has 0 aromatic heterocycles. The third-order valence-corrected chi connectivity index (χ3v) is 11.1. The Balaban J connectivity index is 1.58. The molecule has 2 nitrogen and oxygen atoms in total. The third-order valence-electron chi connectivity index (χ3n) is 11.1. The Bertz CT molecular complexity index is 2140. The van der Waals surface area contributed by atoms with E-state index >= 15 is 0 Å². The summed E-state index contributed by atoms with van der Waals surface area (Å²) in [7, 11) is 0. The molecule has 0 saturated heterocycles. The number of hydrogen-bond donors (Lipinski definition) is 0. The standard InChI is InChI=1S/C52H56N2/c1-9-11-17-41-31-37(5)49(38(6)32-41)53(43-27-23-35(3)24-28-43)51-45-19-13-15-21-47(45)52(48-22-16-14-20-46(48)51)54(44-29-25-36(4)26-30-44)50-39(7)33-42(18-12-10-2)34-40(50)8/h13-16,19-34H,9-12,17-18H2,1-8H3. The molecule has 7 aromatic carbocycles. The summed E-state index contributed by atoms with van der Waals surface area (Å²) in [5.41, 5.74) is 17.8. The van der Waals surface area contributed by atoms with Crippen LogP contribution in [0.2, 0.25) is 0 Å². The molecule has 0 unspecified atom stereocenters. The van der Waals surface area contributed by atoms with Crippen LogP contribution in [0.5, 0.6) is 0 Å². The van der Waals surface area contributed by atoms with E-state index in [1.54, 1.807) is 0 Å². The Labute approximate surface area is 324 Å². The molecule has 7 rings (SSSR count). The van der Waals surface area contributed by atoms with Gasteiger partial charge in [0.2, 0.25) is 0 Å². The van der Waals surface area contributed by atoms with E-state index in [1.165, 1.54) is 126 Å². The molecule has 274 valence electrons. The molecule has 0 aliphatic heterocycles. The lowest BCUT2D eigenvalue weighted by Crippen LogP contribution is -2.17. The third kappa shape index (κ3) is 7.15. The predicted octanol–water partition coefficient (Wildman–Crippen LogP) is 15.5. The van der Waals surface area contributed by atoms with E-state index in [4.69, 9.17) is 0 Å². The Morgan fingerprint density at radius 2 is 0.667 bits per heavy atom. The lowest BCUT2D eigenvalue weighted by Gasteiger charge is -2.35. The zero-order valence-corrected chi connectivity index (χ0v) is 33.7. The van der Waals surface area contributed by atoms with Crippen molar-refractivity contribution < 1.29 is 0 Å². The molecule has 0 spiro atoms. The van der Waals surface area contributed by atoms with Crippen LogP contribution >= 0.6 is 0 Å². The summed E-state index contributed by atoms with van der Waals surface area (Å²) in [4.78, 5) is 5.11. The van der Waals surface area contributed by atoms with E-state index in [0.29, 0.717) is 0 Å². The minimum Gasteiger partial charge on any atom is -0.309 e. The Hall–Kier alpha value is -5.34. The normalized spacial score (nSPS) is 11.4. The van der Waals surface area contributed by atoms with Crippen molar-refractivity contribution in [3.05, 3.63) is 166 Å². The van der Waals surface area contributed by atoms with E-state index in [-0.39, 0.29) is 0 Å². The SMILES string of the molecule is CCCCc1cc(C)c(N(c2ccc(C)cc2)c2c3ccccc3c(N(c3ccc(C)cc3)c3c(C)cc(CCCC)cc3C)c3ccccc23)c(C)c1. The zero-order valence-electron chi connectivity index (χ0n) is 33.7. The highest BCUT2D eigenvalue weighted by Gasteiger charge is 2.28. The predicted molar refractivity (Wildman–Crippen MR) is 236 cm³/mol. The number of anilines is 6. The monoisotopic (exact) mass is 708 g/mol. The summed E-state index contributed by atoms with van der Waals surface area (Å²) in [6, 6.07) is 46.0. The van der Waals surface area contributed by atoms with Gasteiger partial charge in [0.15, 0.2) is 0 Å². The summed E-state index contributed by atoms with van der Waals surface area (Å²) < 4.78 is 0. The second kappa shape index (κ2) is 15.9.